The lowest BCUT2D eigenvalue weighted by Crippen LogP contribution is -2.45. The number of nitrogens with zero attached hydrogens (tertiary/aromatic N) is 2. The summed E-state index contributed by atoms with van der Waals surface area (Å²) in [6.45, 7) is 2.51. The fraction of sp³-hybridized carbons (Fsp3) is 0.368. The third kappa shape index (κ3) is 4.63. The lowest BCUT2D eigenvalue weighted by Gasteiger charge is -2.29. The Balaban J connectivity index is 1.68. The molecule has 2 aromatic rings. The second-order valence-corrected chi connectivity index (χ2v) is 5.79. The molecule has 0 bridgehead atoms. The first-order valence-corrected chi connectivity index (χ1v) is 8.24. The maximum atomic E-state index is 12.8. The van der Waals surface area contributed by atoms with E-state index in [4.69, 9.17) is 9.47 Å². The third-order valence-electron chi connectivity index (χ3n) is 4.01. The Hall–Kier alpha value is -2.24. The molecule has 5 heteroatoms. The van der Waals surface area contributed by atoms with Crippen LogP contribution in [0.1, 0.15) is 11.1 Å². The van der Waals surface area contributed by atoms with Gasteiger partial charge in [0.25, 0.3) is 5.91 Å². The van der Waals surface area contributed by atoms with Gasteiger partial charge < -0.3 is 14.4 Å². The van der Waals surface area contributed by atoms with Gasteiger partial charge in [0.1, 0.15) is 0 Å². The van der Waals surface area contributed by atoms with Crippen LogP contribution in [0.3, 0.4) is 0 Å². The second-order valence-electron chi connectivity index (χ2n) is 5.79. The predicted octanol–water partition coefficient (Wildman–Crippen LogP) is 2.07. The first kappa shape index (κ1) is 16.6. The number of hydrogen-bond acceptors (Lipinski definition) is 4. The summed E-state index contributed by atoms with van der Waals surface area (Å²) < 4.78 is 11.0. The van der Waals surface area contributed by atoms with Crippen molar-refractivity contribution in [2.45, 2.75) is 19.1 Å². The SMILES string of the molecule is O=C(C1COCCO1)N(CCc1ccccc1)Cc1cccnc1. The molecule has 1 aliphatic rings. The van der Waals surface area contributed by atoms with Crippen molar-refractivity contribution < 1.29 is 14.3 Å². The molecule has 1 aromatic carbocycles. The van der Waals surface area contributed by atoms with E-state index in [9.17, 15) is 4.79 Å². The van der Waals surface area contributed by atoms with Gasteiger partial charge in [-0.1, -0.05) is 36.4 Å². The highest BCUT2D eigenvalue weighted by molar-refractivity contribution is 5.81. The van der Waals surface area contributed by atoms with Crippen molar-refractivity contribution in [1.29, 1.82) is 0 Å². The number of carbonyl (C=O) groups is 1. The van der Waals surface area contributed by atoms with E-state index in [-0.39, 0.29) is 5.91 Å². The van der Waals surface area contributed by atoms with E-state index in [0.29, 0.717) is 32.9 Å². The van der Waals surface area contributed by atoms with Crippen molar-refractivity contribution in [3.63, 3.8) is 0 Å². The molecular formula is C19H22N2O3. The van der Waals surface area contributed by atoms with Gasteiger partial charge in [-0.15, -0.1) is 0 Å². The van der Waals surface area contributed by atoms with Crippen molar-refractivity contribution in [3.8, 4) is 0 Å². The summed E-state index contributed by atoms with van der Waals surface area (Å²) >= 11 is 0. The summed E-state index contributed by atoms with van der Waals surface area (Å²) in [6, 6.07) is 14.0. The lowest BCUT2D eigenvalue weighted by molar-refractivity contribution is -0.158. The zero-order valence-electron chi connectivity index (χ0n) is 13.6. The standard InChI is InChI=1S/C19H22N2O3/c22-19(18-15-23-11-12-24-18)21(14-17-7-4-9-20-13-17)10-8-16-5-2-1-3-6-16/h1-7,9,13,18H,8,10-12,14-15H2. The van der Waals surface area contributed by atoms with Crippen molar-refractivity contribution >= 4 is 5.91 Å². The van der Waals surface area contributed by atoms with Crippen LogP contribution in [0.25, 0.3) is 0 Å². The van der Waals surface area contributed by atoms with Crippen molar-refractivity contribution in [2.24, 2.45) is 0 Å². The molecule has 2 heterocycles. The van der Waals surface area contributed by atoms with Crippen LogP contribution in [0.15, 0.2) is 54.9 Å². The van der Waals surface area contributed by atoms with E-state index in [1.165, 1.54) is 5.56 Å². The molecule has 24 heavy (non-hydrogen) atoms. The summed E-state index contributed by atoms with van der Waals surface area (Å²) in [5.41, 5.74) is 2.22. The molecule has 0 N–H and O–H groups in total. The van der Waals surface area contributed by atoms with Gasteiger partial charge >= 0.3 is 0 Å². The normalized spacial score (nSPS) is 17.4. The Morgan fingerprint density at radius 2 is 1.96 bits per heavy atom. The van der Waals surface area contributed by atoms with Gasteiger partial charge in [0, 0.05) is 25.5 Å². The molecule has 1 fully saturated rings. The Labute approximate surface area is 142 Å². The Morgan fingerprint density at radius 1 is 1.12 bits per heavy atom. The highest BCUT2D eigenvalue weighted by Gasteiger charge is 2.27. The van der Waals surface area contributed by atoms with Crippen LogP contribution in [0, 0.1) is 0 Å². The molecule has 1 aromatic heterocycles. The van der Waals surface area contributed by atoms with Gasteiger partial charge in [-0.2, -0.15) is 0 Å². The highest BCUT2D eigenvalue weighted by atomic mass is 16.6. The van der Waals surface area contributed by atoms with Crippen molar-refractivity contribution in [3.05, 3.63) is 66.0 Å². The molecule has 1 unspecified atom stereocenters. The zero-order chi connectivity index (χ0) is 16.6. The summed E-state index contributed by atoms with van der Waals surface area (Å²) in [5.74, 6) is -0.0190. The number of carbonyl (C=O) groups excluding carboxylic acids is 1. The van der Waals surface area contributed by atoms with Crippen LogP contribution in [-0.4, -0.2) is 48.3 Å². The van der Waals surface area contributed by atoms with Crippen LogP contribution in [-0.2, 0) is 27.2 Å². The van der Waals surface area contributed by atoms with Crippen LogP contribution in [0.4, 0.5) is 0 Å². The molecule has 0 spiro atoms. The molecule has 1 atom stereocenters. The molecule has 0 radical (unpaired) electrons. The van der Waals surface area contributed by atoms with Crippen molar-refractivity contribution in [2.75, 3.05) is 26.4 Å². The first-order chi connectivity index (χ1) is 11.8. The number of ether oxygens (including phenoxy) is 2. The Bertz CT molecular complexity index is 628. The van der Waals surface area contributed by atoms with Gasteiger partial charge in [-0.05, 0) is 23.6 Å². The first-order valence-electron chi connectivity index (χ1n) is 8.24. The van der Waals surface area contributed by atoms with Crippen LogP contribution < -0.4 is 0 Å². The second kappa shape index (κ2) is 8.57. The molecule has 1 saturated heterocycles. The van der Waals surface area contributed by atoms with E-state index < -0.39 is 6.10 Å². The predicted molar refractivity (Wildman–Crippen MR) is 90.4 cm³/mol. The molecule has 5 nitrogen and oxygen atoms in total. The van der Waals surface area contributed by atoms with E-state index in [1.807, 2.05) is 35.2 Å². The number of aromatic nitrogens is 1. The zero-order valence-corrected chi connectivity index (χ0v) is 13.6. The van der Waals surface area contributed by atoms with E-state index >= 15 is 0 Å². The van der Waals surface area contributed by atoms with Crippen LogP contribution >= 0.6 is 0 Å². The van der Waals surface area contributed by atoms with Crippen molar-refractivity contribution in [1.82, 2.24) is 9.88 Å². The fourth-order valence-electron chi connectivity index (χ4n) is 2.72. The molecule has 1 amide bonds. The van der Waals surface area contributed by atoms with Gasteiger partial charge in [0.2, 0.25) is 0 Å². The van der Waals surface area contributed by atoms with Gasteiger partial charge in [0.05, 0.1) is 19.8 Å². The van der Waals surface area contributed by atoms with Gasteiger partial charge in [0.15, 0.2) is 6.10 Å². The average molecular weight is 326 g/mol. The van der Waals surface area contributed by atoms with E-state index in [1.54, 1.807) is 12.4 Å². The van der Waals surface area contributed by atoms with E-state index in [2.05, 4.69) is 17.1 Å². The Kier molecular flexibility index (Phi) is 5.93. The minimum Gasteiger partial charge on any atom is -0.376 e. The highest BCUT2D eigenvalue weighted by Crippen LogP contribution is 2.11. The summed E-state index contributed by atoms with van der Waals surface area (Å²) in [4.78, 5) is 18.8. The monoisotopic (exact) mass is 326 g/mol. The molecule has 126 valence electrons. The molecule has 0 aliphatic carbocycles. The fourth-order valence-corrected chi connectivity index (χ4v) is 2.72. The summed E-state index contributed by atoms with van der Waals surface area (Å²) in [5, 5.41) is 0. The van der Waals surface area contributed by atoms with E-state index in [0.717, 1.165) is 12.0 Å². The van der Waals surface area contributed by atoms with Gasteiger partial charge in [-0.3, -0.25) is 9.78 Å². The molecule has 1 aliphatic heterocycles. The average Bonchev–Trinajstić information content (AvgIpc) is 2.67. The minimum atomic E-state index is -0.508. The van der Waals surface area contributed by atoms with Crippen LogP contribution in [0.2, 0.25) is 0 Å². The molecular weight excluding hydrogens is 304 g/mol. The lowest BCUT2D eigenvalue weighted by atomic mass is 10.1. The number of amides is 1. The number of benzene rings is 1. The third-order valence-corrected chi connectivity index (χ3v) is 4.01. The maximum absolute atomic E-state index is 12.8. The smallest absolute Gasteiger partial charge is 0.254 e. The quantitative estimate of drug-likeness (QED) is 0.815. The number of pyridine rings is 1. The summed E-state index contributed by atoms with van der Waals surface area (Å²) in [6.07, 6.45) is 3.82. The minimum absolute atomic E-state index is 0.0190. The summed E-state index contributed by atoms with van der Waals surface area (Å²) in [7, 11) is 0. The number of hydrogen-bond donors (Lipinski definition) is 0. The Morgan fingerprint density at radius 3 is 2.67 bits per heavy atom. The topological polar surface area (TPSA) is 51.7 Å². The van der Waals surface area contributed by atoms with Gasteiger partial charge in [-0.25, -0.2) is 0 Å². The van der Waals surface area contributed by atoms with Crippen LogP contribution in [0.5, 0.6) is 0 Å². The molecule has 3 rings (SSSR count). The maximum Gasteiger partial charge on any atom is 0.254 e. The largest absolute Gasteiger partial charge is 0.376 e. The number of rotatable bonds is 6. The molecule has 0 saturated carbocycles.